The minimum absolute atomic E-state index is 0.0234. The van der Waals surface area contributed by atoms with E-state index in [1.807, 2.05) is 66.7 Å². The molecule has 0 fully saturated rings. The maximum atomic E-state index is 9.18. The van der Waals surface area contributed by atoms with Crippen LogP contribution < -0.4 is 0 Å². The first kappa shape index (κ1) is 17.5. The Bertz CT molecular complexity index is 2990. The lowest BCUT2D eigenvalue weighted by atomic mass is 10.0. The van der Waals surface area contributed by atoms with Crippen LogP contribution in [-0.2, 0) is 0 Å². The number of para-hydroxylation sites is 2. The lowest BCUT2D eigenvalue weighted by Gasteiger charge is -2.13. The molecule has 0 atom stereocenters. The molecule has 0 aliphatic heterocycles. The molecule has 3 heterocycles. The zero-order chi connectivity index (χ0) is 36.9. The van der Waals surface area contributed by atoms with E-state index in [4.69, 9.17) is 25.9 Å². The summed E-state index contributed by atoms with van der Waals surface area (Å²) in [6.07, 6.45) is 0. The first-order chi connectivity index (χ1) is 25.6. The first-order valence-electron chi connectivity index (χ1n) is 18.4. The van der Waals surface area contributed by atoms with E-state index in [-0.39, 0.29) is 45.6 Å². The summed E-state index contributed by atoms with van der Waals surface area (Å²) in [7, 11) is 0. The third kappa shape index (κ3) is 3.87. The summed E-state index contributed by atoms with van der Waals surface area (Å²) in [4.78, 5) is 15.0. The summed E-state index contributed by atoms with van der Waals surface area (Å²) in [5.41, 5.74) is 1.85. The number of nitrogens with zero attached hydrogens (tertiary/aromatic N) is 4. The van der Waals surface area contributed by atoms with Crippen molar-refractivity contribution in [2.24, 2.45) is 0 Å². The number of rotatable bonds is 4. The molecular formula is C39H24N4S. The standard InChI is InChI=1S/C39H24N4S/c1-3-13-25(14-4-1)27-19-11-20-29-28-17-7-9-22-32(28)43(36(27)29)39-41-37(26-15-5-2-6-16-26)40-38(42-39)31-21-12-24-34-35(31)30-18-8-10-23-33(30)44-34/h1-24H/i1D,3D,4D,7D,9D,13D,14D,17D,22D. The highest BCUT2D eigenvalue weighted by Crippen LogP contribution is 2.41. The Morgan fingerprint density at radius 1 is 0.523 bits per heavy atom. The van der Waals surface area contributed by atoms with Crippen LogP contribution in [0.15, 0.2) is 145 Å². The van der Waals surface area contributed by atoms with Crippen molar-refractivity contribution in [3.05, 3.63) is 145 Å². The van der Waals surface area contributed by atoms with E-state index in [0.29, 0.717) is 22.6 Å². The van der Waals surface area contributed by atoms with Crippen LogP contribution in [0.3, 0.4) is 0 Å². The van der Waals surface area contributed by atoms with Crippen LogP contribution in [0.25, 0.3) is 81.8 Å². The highest BCUT2D eigenvalue weighted by molar-refractivity contribution is 7.25. The highest BCUT2D eigenvalue weighted by Gasteiger charge is 2.21. The van der Waals surface area contributed by atoms with E-state index in [0.717, 1.165) is 25.7 Å². The largest absolute Gasteiger partial charge is 0.277 e. The second-order valence-electron chi connectivity index (χ2n) is 10.2. The third-order valence-electron chi connectivity index (χ3n) is 7.69. The smallest absolute Gasteiger partial charge is 0.238 e. The second-order valence-corrected chi connectivity index (χ2v) is 11.3. The maximum absolute atomic E-state index is 9.18. The average molecular weight is 590 g/mol. The third-order valence-corrected chi connectivity index (χ3v) is 8.82. The zero-order valence-corrected chi connectivity index (χ0v) is 23.7. The van der Waals surface area contributed by atoms with Crippen LogP contribution in [0, 0.1) is 0 Å². The summed E-state index contributed by atoms with van der Waals surface area (Å²) < 4.78 is 81.9. The van der Waals surface area contributed by atoms with E-state index in [1.54, 1.807) is 29.5 Å². The Morgan fingerprint density at radius 3 is 2.14 bits per heavy atom. The molecule has 5 heteroatoms. The topological polar surface area (TPSA) is 43.6 Å². The molecule has 0 saturated carbocycles. The van der Waals surface area contributed by atoms with Gasteiger partial charge in [0.05, 0.1) is 23.4 Å². The number of benzene rings is 6. The second kappa shape index (κ2) is 9.97. The van der Waals surface area contributed by atoms with E-state index >= 15 is 0 Å². The van der Waals surface area contributed by atoms with Gasteiger partial charge in [0.2, 0.25) is 5.95 Å². The number of aromatic nitrogens is 4. The van der Waals surface area contributed by atoms with Crippen molar-refractivity contribution in [2.75, 3.05) is 0 Å². The summed E-state index contributed by atoms with van der Waals surface area (Å²) in [6.45, 7) is 0. The normalized spacial score (nSPS) is 14.5. The molecule has 0 amide bonds. The fraction of sp³-hybridized carbons (Fsp3) is 0. The Kier molecular flexibility index (Phi) is 3.96. The summed E-state index contributed by atoms with van der Waals surface area (Å²) >= 11 is 1.65. The van der Waals surface area contributed by atoms with Gasteiger partial charge in [-0.1, -0.05) is 127 Å². The summed E-state index contributed by atoms with van der Waals surface area (Å²) in [6, 6.07) is 24.2. The number of hydrogen-bond acceptors (Lipinski definition) is 4. The molecule has 9 aromatic rings. The van der Waals surface area contributed by atoms with Crippen molar-refractivity contribution in [1.29, 1.82) is 0 Å². The minimum atomic E-state index is -0.541. The van der Waals surface area contributed by atoms with Gasteiger partial charge in [-0.3, -0.25) is 4.57 Å². The predicted octanol–water partition coefficient (Wildman–Crippen LogP) is 10.3. The van der Waals surface area contributed by atoms with Crippen LogP contribution in [0.4, 0.5) is 0 Å². The Balaban J connectivity index is 1.48. The van der Waals surface area contributed by atoms with Crippen molar-refractivity contribution in [2.45, 2.75) is 0 Å². The van der Waals surface area contributed by atoms with Crippen molar-refractivity contribution < 1.29 is 12.3 Å². The van der Waals surface area contributed by atoms with Gasteiger partial charge in [0.1, 0.15) is 0 Å². The monoisotopic (exact) mass is 589 g/mol. The highest BCUT2D eigenvalue weighted by atomic mass is 32.1. The van der Waals surface area contributed by atoms with Crippen molar-refractivity contribution in [1.82, 2.24) is 19.5 Å². The quantitative estimate of drug-likeness (QED) is 0.205. The predicted molar refractivity (Wildman–Crippen MR) is 183 cm³/mol. The lowest BCUT2D eigenvalue weighted by molar-refractivity contribution is 0.955. The van der Waals surface area contributed by atoms with Gasteiger partial charge < -0.3 is 0 Å². The van der Waals surface area contributed by atoms with Gasteiger partial charge in [-0.15, -0.1) is 11.3 Å². The Hall–Kier alpha value is -5.65. The molecule has 9 rings (SSSR count). The summed E-state index contributed by atoms with van der Waals surface area (Å²) in [5, 5.41) is 2.52. The number of thiophene rings is 1. The van der Waals surface area contributed by atoms with Gasteiger partial charge in [-0.2, -0.15) is 9.97 Å². The molecule has 0 saturated heterocycles. The van der Waals surface area contributed by atoms with E-state index in [1.165, 1.54) is 4.57 Å². The molecule has 0 spiro atoms. The van der Waals surface area contributed by atoms with Gasteiger partial charge in [0, 0.05) is 47.6 Å². The van der Waals surface area contributed by atoms with Crippen molar-refractivity contribution in [3.8, 4) is 39.9 Å². The van der Waals surface area contributed by atoms with E-state index < -0.39 is 42.3 Å². The Morgan fingerprint density at radius 2 is 1.23 bits per heavy atom. The fourth-order valence-electron chi connectivity index (χ4n) is 5.82. The molecule has 0 N–H and O–H groups in total. The molecule has 0 radical (unpaired) electrons. The number of fused-ring (bicyclic) bond motifs is 6. The molecule has 206 valence electrons. The van der Waals surface area contributed by atoms with E-state index in [2.05, 4.69) is 6.07 Å². The molecule has 0 unspecified atom stereocenters. The zero-order valence-electron chi connectivity index (χ0n) is 31.9. The van der Waals surface area contributed by atoms with Gasteiger partial charge in [-0.25, -0.2) is 4.98 Å². The lowest BCUT2D eigenvalue weighted by Crippen LogP contribution is -2.07. The van der Waals surface area contributed by atoms with Gasteiger partial charge in [0.15, 0.2) is 11.6 Å². The minimum Gasteiger partial charge on any atom is -0.277 e. The first-order valence-corrected chi connectivity index (χ1v) is 14.7. The molecular weight excluding hydrogens is 557 g/mol. The maximum Gasteiger partial charge on any atom is 0.238 e. The van der Waals surface area contributed by atoms with Crippen LogP contribution in [0.1, 0.15) is 12.3 Å². The van der Waals surface area contributed by atoms with Crippen LogP contribution >= 0.6 is 11.3 Å². The van der Waals surface area contributed by atoms with Crippen LogP contribution in [0.2, 0.25) is 0 Å². The molecule has 3 aromatic heterocycles. The van der Waals surface area contributed by atoms with Gasteiger partial charge in [0.25, 0.3) is 0 Å². The number of hydrogen-bond donors (Lipinski definition) is 0. The Labute approximate surface area is 270 Å². The fourth-order valence-corrected chi connectivity index (χ4v) is 6.95. The van der Waals surface area contributed by atoms with E-state index in [9.17, 15) is 1.37 Å². The van der Waals surface area contributed by atoms with Crippen molar-refractivity contribution >= 4 is 53.3 Å². The molecule has 0 aliphatic rings. The van der Waals surface area contributed by atoms with Gasteiger partial charge >= 0.3 is 0 Å². The average Bonchev–Trinajstić information content (AvgIpc) is 3.75. The van der Waals surface area contributed by atoms with Crippen molar-refractivity contribution in [3.63, 3.8) is 0 Å². The molecule has 0 aliphatic carbocycles. The summed E-state index contributed by atoms with van der Waals surface area (Å²) in [5.74, 6) is 0.646. The molecule has 44 heavy (non-hydrogen) atoms. The SMILES string of the molecule is [2H]c1c([2H])c([2H])c(-c2cccc3c4c([2H])c([2H])c([2H])c([2H])c4n(-c4nc(-c5ccccc5)nc(-c5cccc6sc7ccccc7c56)n4)c23)c([2H])c1[2H]. The molecule has 4 nitrogen and oxygen atoms in total. The van der Waals surface area contributed by atoms with Crippen LogP contribution in [-0.4, -0.2) is 19.5 Å². The molecule has 0 bridgehead atoms. The van der Waals surface area contributed by atoms with Gasteiger partial charge in [-0.05, 0) is 23.7 Å². The molecule has 6 aromatic carbocycles. The van der Waals surface area contributed by atoms with Crippen LogP contribution in [0.5, 0.6) is 0 Å².